The maximum absolute atomic E-state index is 13.6. The molecule has 0 aromatic heterocycles. The van der Waals surface area contributed by atoms with E-state index >= 15 is 0 Å². The maximum Gasteiger partial charge on any atom is 0.344 e. The predicted molar refractivity (Wildman–Crippen MR) is 142 cm³/mol. The Morgan fingerprint density at radius 2 is 1.71 bits per heavy atom. The number of aliphatic imine (C=N–C) groups is 1. The standard InChI is InChI=1S/C26H32Cl2N2O4S/c1-2-33-23(31)16-34-24-20(27)13-17(14-21(24)28)15-22-25(32)30(19-11-7-4-8-12-19)26(35-22)29-18-9-5-3-6-10-18/h13-15,18-19H,2-12,16H2,1H3. The van der Waals surface area contributed by atoms with Crippen molar-refractivity contribution in [3.05, 3.63) is 32.6 Å². The number of amidine groups is 1. The van der Waals surface area contributed by atoms with Gasteiger partial charge in [-0.1, -0.05) is 61.7 Å². The quantitative estimate of drug-likeness (QED) is 0.279. The topological polar surface area (TPSA) is 68.2 Å². The summed E-state index contributed by atoms with van der Waals surface area (Å²) in [6.07, 6.45) is 13.2. The molecule has 1 aliphatic heterocycles. The number of carbonyl (C=O) groups is 2. The molecule has 1 saturated heterocycles. The van der Waals surface area contributed by atoms with Crippen LogP contribution in [0.4, 0.5) is 0 Å². The Kier molecular flexibility index (Phi) is 9.42. The number of thioether (sulfide) groups is 1. The molecule has 3 aliphatic rings. The highest BCUT2D eigenvalue weighted by Gasteiger charge is 2.39. The number of carbonyl (C=O) groups excluding carboxylic acids is 2. The van der Waals surface area contributed by atoms with E-state index in [1.807, 2.05) is 11.0 Å². The number of hydrogen-bond donors (Lipinski definition) is 0. The third-order valence-corrected chi connectivity index (χ3v) is 8.16. The zero-order valence-corrected chi connectivity index (χ0v) is 22.4. The molecule has 190 valence electrons. The molecule has 0 atom stereocenters. The second kappa shape index (κ2) is 12.5. The molecule has 0 unspecified atom stereocenters. The highest BCUT2D eigenvalue weighted by Crippen LogP contribution is 2.40. The second-order valence-electron chi connectivity index (χ2n) is 9.19. The second-order valence-corrected chi connectivity index (χ2v) is 11.0. The van der Waals surface area contributed by atoms with Gasteiger partial charge in [-0.2, -0.15) is 0 Å². The van der Waals surface area contributed by atoms with Crippen molar-refractivity contribution in [3.63, 3.8) is 0 Å². The summed E-state index contributed by atoms with van der Waals surface area (Å²) in [6, 6.07) is 3.89. The number of halogens is 2. The fourth-order valence-corrected chi connectivity index (χ4v) is 6.61. The lowest BCUT2D eigenvalue weighted by molar-refractivity contribution is -0.145. The van der Waals surface area contributed by atoms with Crippen molar-refractivity contribution in [2.24, 2.45) is 4.99 Å². The third kappa shape index (κ3) is 6.75. The lowest BCUT2D eigenvalue weighted by Crippen LogP contribution is -2.41. The minimum atomic E-state index is -0.494. The zero-order chi connectivity index (χ0) is 24.8. The normalized spacial score (nSPS) is 22.3. The summed E-state index contributed by atoms with van der Waals surface area (Å²) >= 11 is 14.3. The van der Waals surface area contributed by atoms with Gasteiger partial charge in [0.2, 0.25) is 0 Å². The molecule has 2 saturated carbocycles. The van der Waals surface area contributed by atoms with E-state index in [9.17, 15) is 9.59 Å². The van der Waals surface area contributed by atoms with E-state index in [4.69, 9.17) is 37.7 Å². The molecule has 1 aromatic carbocycles. The Morgan fingerprint density at radius 3 is 2.34 bits per heavy atom. The van der Waals surface area contributed by atoms with Crippen molar-refractivity contribution >= 4 is 58.1 Å². The van der Waals surface area contributed by atoms with Crippen LogP contribution >= 0.6 is 35.0 Å². The van der Waals surface area contributed by atoms with E-state index in [0.29, 0.717) is 16.5 Å². The fraction of sp³-hybridized carbons (Fsp3) is 0.577. The molecule has 1 heterocycles. The molecule has 1 amide bonds. The van der Waals surface area contributed by atoms with Gasteiger partial charge in [-0.3, -0.25) is 14.7 Å². The van der Waals surface area contributed by atoms with Gasteiger partial charge in [-0.15, -0.1) is 0 Å². The SMILES string of the molecule is CCOC(=O)COc1c(Cl)cc(C=C2SC(=NC3CCCCC3)N(C3CCCCC3)C2=O)cc1Cl. The Balaban J connectivity index is 1.56. The number of benzene rings is 1. The Labute approximate surface area is 221 Å². The summed E-state index contributed by atoms with van der Waals surface area (Å²) in [5, 5.41) is 1.38. The lowest BCUT2D eigenvalue weighted by atomic mass is 9.94. The van der Waals surface area contributed by atoms with Crippen LogP contribution in [0.3, 0.4) is 0 Å². The van der Waals surface area contributed by atoms with Crippen molar-refractivity contribution < 1.29 is 19.1 Å². The molecule has 35 heavy (non-hydrogen) atoms. The summed E-state index contributed by atoms with van der Waals surface area (Å²) in [4.78, 5) is 32.8. The van der Waals surface area contributed by atoms with Gasteiger partial charge in [-0.25, -0.2) is 4.79 Å². The summed E-state index contributed by atoms with van der Waals surface area (Å²) < 4.78 is 10.3. The molecule has 6 nitrogen and oxygen atoms in total. The van der Waals surface area contributed by atoms with Gasteiger partial charge in [0.05, 0.1) is 27.6 Å². The maximum atomic E-state index is 13.6. The van der Waals surface area contributed by atoms with Gasteiger partial charge in [0.15, 0.2) is 17.5 Å². The minimum Gasteiger partial charge on any atom is -0.479 e. The first-order valence-corrected chi connectivity index (χ1v) is 14.1. The van der Waals surface area contributed by atoms with Crippen molar-refractivity contribution in [1.29, 1.82) is 0 Å². The van der Waals surface area contributed by atoms with Crippen LogP contribution in [0.25, 0.3) is 6.08 Å². The van der Waals surface area contributed by atoms with Gasteiger partial charge in [0, 0.05) is 6.04 Å². The molecule has 3 fully saturated rings. The van der Waals surface area contributed by atoms with Crippen LogP contribution in [0.2, 0.25) is 10.0 Å². The summed E-state index contributed by atoms with van der Waals surface area (Å²) in [7, 11) is 0. The van der Waals surface area contributed by atoms with E-state index < -0.39 is 5.97 Å². The molecular formula is C26H32Cl2N2O4S. The van der Waals surface area contributed by atoms with Gasteiger partial charge in [-0.05, 0) is 68.1 Å². The molecular weight excluding hydrogens is 507 g/mol. The monoisotopic (exact) mass is 538 g/mol. The summed E-state index contributed by atoms with van der Waals surface area (Å²) in [5.74, 6) is -0.268. The highest BCUT2D eigenvalue weighted by molar-refractivity contribution is 8.18. The minimum absolute atomic E-state index is 0.00587. The van der Waals surface area contributed by atoms with Crippen LogP contribution < -0.4 is 4.74 Å². The molecule has 2 aliphatic carbocycles. The smallest absolute Gasteiger partial charge is 0.344 e. The van der Waals surface area contributed by atoms with E-state index in [0.717, 1.165) is 43.7 Å². The van der Waals surface area contributed by atoms with Crippen LogP contribution in [0.5, 0.6) is 5.75 Å². The molecule has 0 spiro atoms. The number of esters is 1. The number of rotatable bonds is 7. The first-order valence-electron chi connectivity index (χ1n) is 12.5. The number of ether oxygens (including phenoxy) is 2. The Hall–Kier alpha value is -1.70. The van der Waals surface area contributed by atoms with E-state index in [1.54, 1.807) is 19.1 Å². The van der Waals surface area contributed by atoms with Crippen LogP contribution in [0, 0.1) is 0 Å². The van der Waals surface area contributed by atoms with E-state index in [2.05, 4.69) is 0 Å². The zero-order valence-electron chi connectivity index (χ0n) is 20.1. The summed E-state index contributed by atoms with van der Waals surface area (Å²) in [5.41, 5.74) is 0.696. The van der Waals surface area contributed by atoms with Gasteiger partial charge >= 0.3 is 5.97 Å². The molecule has 9 heteroatoms. The Morgan fingerprint density at radius 1 is 1.09 bits per heavy atom. The van der Waals surface area contributed by atoms with Crippen LogP contribution in [-0.4, -0.2) is 47.2 Å². The van der Waals surface area contributed by atoms with Crippen molar-refractivity contribution in [1.82, 2.24) is 4.90 Å². The van der Waals surface area contributed by atoms with E-state index in [-0.39, 0.29) is 41.0 Å². The van der Waals surface area contributed by atoms with Gasteiger partial charge < -0.3 is 9.47 Å². The number of nitrogens with zero attached hydrogens (tertiary/aromatic N) is 2. The van der Waals surface area contributed by atoms with Crippen molar-refractivity contribution in [2.45, 2.75) is 83.2 Å². The average Bonchev–Trinajstić information content (AvgIpc) is 3.14. The van der Waals surface area contributed by atoms with Gasteiger partial charge in [0.1, 0.15) is 0 Å². The average molecular weight is 540 g/mol. The first kappa shape index (κ1) is 26.4. The van der Waals surface area contributed by atoms with Crippen LogP contribution in [0.1, 0.15) is 76.7 Å². The summed E-state index contributed by atoms with van der Waals surface area (Å²) in [6.45, 7) is 1.72. The van der Waals surface area contributed by atoms with Crippen LogP contribution in [-0.2, 0) is 14.3 Å². The predicted octanol–water partition coefficient (Wildman–Crippen LogP) is 6.87. The fourth-order valence-electron chi connectivity index (χ4n) is 4.89. The first-order chi connectivity index (χ1) is 17.0. The molecule has 4 rings (SSSR count). The third-order valence-electron chi connectivity index (χ3n) is 6.60. The van der Waals surface area contributed by atoms with Gasteiger partial charge in [0.25, 0.3) is 5.91 Å². The van der Waals surface area contributed by atoms with Crippen LogP contribution in [0.15, 0.2) is 22.0 Å². The number of amides is 1. The van der Waals surface area contributed by atoms with Crippen molar-refractivity contribution in [3.8, 4) is 5.75 Å². The number of hydrogen-bond acceptors (Lipinski definition) is 6. The highest BCUT2D eigenvalue weighted by atomic mass is 35.5. The lowest BCUT2D eigenvalue weighted by Gasteiger charge is -2.31. The molecule has 0 bridgehead atoms. The Bertz CT molecular complexity index is 978. The molecule has 0 N–H and O–H groups in total. The largest absolute Gasteiger partial charge is 0.479 e. The molecule has 1 aromatic rings. The van der Waals surface area contributed by atoms with Crippen molar-refractivity contribution in [2.75, 3.05) is 13.2 Å². The molecule has 0 radical (unpaired) electrons. The van der Waals surface area contributed by atoms with E-state index in [1.165, 1.54) is 37.4 Å².